The minimum atomic E-state index is -1.09. The molecule has 6 heteroatoms. The van der Waals surface area contributed by atoms with E-state index in [2.05, 4.69) is 15.3 Å². The molecule has 0 radical (unpaired) electrons. The Hall–Kier alpha value is -2.24. The third-order valence-corrected chi connectivity index (χ3v) is 1.64. The van der Waals surface area contributed by atoms with Gasteiger partial charge in [0.05, 0.1) is 11.9 Å². The molecule has 0 saturated heterocycles. The maximum atomic E-state index is 10.5. The van der Waals surface area contributed by atoms with Gasteiger partial charge in [-0.25, -0.2) is 9.48 Å². The van der Waals surface area contributed by atoms with Crippen molar-refractivity contribution in [1.29, 1.82) is 0 Å². The van der Waals surface area contributed by atoms with Gasteiger partial charge in [-0.1, -0.05) is 5.21 Å². The summed E-state index contributed by atoms with van der Waals surface area (Å²) in [7, 11) is 0. The molecule has 6 nitrogen and oxygen atoms in total. The van der Waals surface area contributed by atoms with Crippen LogP contribution in [-0.4, -0.2) is 31.1 Å². The summed E-state index contributed by atoms with van der Waals surface area (Å²) in [5.41, 5.74) is 0.641. The summed E-state index contributed by atoms with van der Waals surface area (Å²) >= 11 is 0. The molecule has 0 spiro atoms. The highest BCUT2D eigenvalue weighted by molar-refractivity contribution is 5.84. The van der Waals surface area contributed by atoms with Crippen molar-refractivity contribution < 1.29 is 9.90 Å². The van der Waals surface area contributed by atoms with E-state index in [-0.39, 0.29) is 5.69 Å². The molecule has 0 saturated carbocycles. The van der Waals surface area contributed by atoms with E-state index in [0.717, 1.165) is 5.69 Å². The Morgan fingerprint density at radius 3 is 2.64 bits per heavy atom. The van der Waals surface area contributed by atoms with Gasteiger partial charge in [-0.05, 0) is 12.1 Å². The average molecular weight is 190 g/mol. The molecule has 0 aliphatic rings. The first-order chi connectivity index (χ1) is 6.77. The van der Waals surface area contributed by atoms with Gasteiger partial charge in [-0.3, -0.25) is 4.98 Å². The summed E-state index contributed by atoms with van der Waals surface area (Å²) in [5, 5.41) is 15.8. The van der Waals surface area contributed by atoms with Crippen LogP contribution >= 0.6 is 0 Å². The predicted octanol–water partition coefficient (Wildman–Crippen LogP) is 0.360. The zero-order chi connectivity index (χ0) is 9.97. The predicted molar refractivity (Wildman–Crippen MR) is 46.1 cm³/mol. The Morgan fingerprint density at radius 2 is 2.07 bits per heavy atom. The van der Waals surface area contributed by atoms with E-state index in [1.807, 2.05) is 0 Å². The van der Waals surface area contributed by atoms with Crippen LogP contribution in [0, 0.1) is 0 Å². The molecule has 2 aromatic rings. The van der Waals surface area contributed by atoms with Gasteiger partial charge in [0.1, 0.15) is 0 Å². The molecular weight excluding hydrogens is 184 g/mol. The fourth-order valence-electron chi connectivity index (χ4n) is 0.985. The van der Waals surface area contributed by atoms with E-state index in [9.17, 15) is 4.79 Å². The first-order valence-corrected chi connectivity index (χ1v) is 3.83. The van der Waals surface area contributed by atoms with E-state index in [1.165, 1.54) is 10.9 Å². The Bertz CT molecular complexity index is 451. The monoisotopic (exact) mass is 190 g/mol. The van der Waals surface area contributed by atoms with E-state index in [0.29, 0.717) is 0 Å². The zero-order valence-corrected chi connectivity index (χ0v) is 7.03. The number of carboxylic acid groups (broad SMARTS) is 1. The number of carboxylic acids is 1. The van der Waals surface area contributed by atoms with E-state index in [4.69, 9.17) is 5.11 Å². The van der Waals surface area contributed by atoms with Crippen molar-refractivity contribution in [3.8, 4) is 5.69 Å². The lowest BCUT2D eigenvalue weighted by Gasteiger charge is -1.96. The maximum absolute atomic E-state index is 10.5. The van der Waals surface area contributed by atoms with Gasteiger partial charge in [-0.15, -0.1) is 5.10 Å². The van der Waals surface area contributed by atoms with E-state index < -0.39 is 5.97 Å². The fourth-order valence-corrected chi connectivity index (χ4v) is 0.985. The number of hydrogen-bond acceptors (Lipinski definition) is 4. The van der Waals surface area contributed by atoms with Gasteiger partial charge >= 0.3 is 5.97 Å². The molecule has 0 atom stereocenters. The number of aromatic nitrogens is 4. The molecule has 0 aliphatic heterocycles. The largest absolute Gasteiger partial charge is 0.476 e. The van der Waals surface area contributed by atoms with Crippen LogP contribution in [0.4, 0.5) is 0 Å². The normalized spacial score (nSPS) is 10.0. The van der Waals surface area contributed by atoms with Gasteiger partial charge < -0.3 is 5.11 Å². The van der Waals surface area contributed by atoms with Crippen LogP contribution in [0.5, 0.6) is 0 Å². The van der Waals surface area contributed by atoms with Crippen molar-refractivity contribution >= 4 is 5.97 Å². The van der Waals surface area contributed by atoms with Crippen LogP contribution in [0.2, 0.25) is 0 Å². The quantitative estimate of drug-likeness (QED) is 0.739. The summed E-state index contributed by atoms with van der Waals surface area (Å²) in [4.78, 5) is 14.4. The Labute approximate surface area is 78.8 Å². The topological polar surface area (TPSA) is 80.9 Å². The second-order valence-corrected chi connectivity index (χ2v) is 2.56. The number of nitrogens with zero attached hydrogens (tertiary/aromatic N) is 4. The van der Waals surface area contributed by atoms with Crippen LogP contribution < -0.4 is 0 Å². The van der Waals surface area contributed by atoms with Gasteiger partial charge in [0.2, 0.25) is 0 Å². The molecule has 70 valence electrons. The molecule has 0 aliphatic carbocycles. The average Bonchev–Trinajstić information content (AvgIpc) is 2.68. The second-order valence-electron chi connectivity index (χ2n) is 2.56. The molecule has 14 heavy (non-hydrogen) atoms. The van der Waals surface area contributed by atoms with Gasteiger partial charge in [0.25, 0.3) is 0 Å². The van der Waals surface area contributed by atoms with Gasteiger partial charge in [-0.2, -0.15) is 0 Å². The summed E-state index contributed by atoms with van der Waals surface area (Å²) in [6.07, 6.45) is 4.53. The Morgan fingerprint density at radius 1 is 1.36 bits per heavy atom. The SMILES string of the molecule is O=C(O)c1cn(-c2ccncc2)nn1. The summed E-state index contributed by atoms with van der Waals surface area (Å²) in [5.74, 6) is -1.09. The summed E-state index contributed by atoms with van der Waals surface area (Å²) in [6.45, 7) is 0. The molecule has 2 heterocycles. The molecule has 0 fully saturated rings. The fraction of sp³-hybridized carbons (Fsp3) is 0. The molecule has 0 unspecified atom stereocenters. The smallest absolute Gasteiger partial charge is 0.358 e. The van der Waals surface area contributed by atoms with Crippen molar-refractivity contribution in [2.24, 2.45) is 0 Å². The Kier molecular flexibility index (Phi) is 1.94. The molecule has 2 rings (SSSR count). The molecule has 0 amide bonds. The molecule has 1 N–H and O–H groups in total. The molecule has 2 aromatic heterocycles. The number of rotatable bonds is 2. The lowest BCUT2D eigenvalue weighted by Crippen LogP contribution is -1.95. The number of pyridine rings is 1. The number of hydrogen-bond donors (Lipinski definition) is 1. The highest BCUT2D eigenvalue weighted by Gasteiger charge is 2.08. The second kappa shape index (κ2) is 3.25. The van der Waals surface area contributed by atoms with Crippen molar-refractivity contribution in [2.75, 3.05) is 0 Å². The Balaban J connectivity index is 2.39. The van der Waals surface area contributed by atoms with Crippen molar-refractivity contribution in [3.05, 3.63) is 36.4 Å². The van der Waals surface area contributed by atoms with Crippen molar-refractivity contribution in [2.45, 2.75) is 0 Å². The van der Waals surface area contributed by atoms with Crippen LogP contribution in [0.1, 0.15) is 10.5 Å². The van der Waals surface area contributed by atoms with Gasteiger partial charge in [0.15, 0.2) is 5.69 Å². The van der Waals surface area contributed by atoms with E-state index >= 15 is 0 Å². The molecule has 0 aromatic carbocycles. The zero-order valence-electron chi connectivity index (χ0n) is 7.03. The van der Waals surface area contributed by atoms with Crippen LogP contribution in [0.25, 0.3) is 5.69 Å². The van der Waals surface area contributed by atoms with Gasteiger partial charge in [0, 0.05) is 12.4 Å². The third-order valence-electron chi connectivity index (χ3n) is 1.64. The van der Waals surface area contributed by atoms with Crippen LogP contribution in [0.15, 0.2) is 30.7 Å². The first-order valence-electron chi connectivity index (χ1n) is 3.83. The van der Waals surface area contributed by atoms with Crippen molar-refractivity contribution in [1.82, 2.24) is 20.0 Å². The lowest BCUT2D eigenvalue weighted by molar-refractivity contribution is 0.0690. The number of aromatic carboxylic acids is 1. The minimum Gasteiger partial charge on any atom is -0.476 e. The lowest BCUT2D eigenvalue weighted by atomic mass is 10.4. The first kappa shape index (κ1) is 8.36. The third kappa shape index (κ3) is 1.45. The standard InChI is InChI=1S/C8H6N4O2/c13-8(14)7-5-12(11-10-7)6-1-3-9-4-2-6/h1-5H,(H,13,14). The van der Waals surface area contributed by atoms with Crippen molar-refractivity contribution in [3.63, 3.8) is 0 Å². The molecule has 0 bridgehead atoms. The summed E-state index contributed by atoms with van der Waals surface area (Å²) in [6, 6.07) is 3.42. The van der Waals surface area contributed by atoms with Crippen LogP contribution in [-0.2, 0) is 0 Å². The maximum Gasteiger partial charge on any atom is 0.358 e. The highest BCUT2D eigenvalue weighted by Crippen LogP contribution is 2.03. The summed E-state index contributed by atoms with van der Waals surface area (Å²) < 4.78 is 1.38. The minimum absolute atomic E-state index is 0.0817. The highest BCUT2D eigenvalue weighted by atomic mass is 16.4. The molecular formula is C8H6N4O2. The van der Waals surface area contributed by atoms with Crippen LogP contribution in [0.3, 0.4) is 0 Å². The van der Waals surface area contributed by atoms with E-state index in [1.54, 1.807) is 24.5 Å². The number of carbonyl (C=O) groups is 1.